The van der Waals surface area contributed by atoms with Crippen LogP contribution in [0.3, 0.4) is 0 Å². The molecule has 1 heterocycles. The summed E-state index contributed by atoms with van der Waals surface area (Å²) in [6.07, 6.45) is 7.06. The van der Waals surface area contributed by atoms with Crippen LogP contribution < -0.4 is 10.1 Å². The molecule has 1 N–H and O–H groups in total. The van der Waals surface area contributed by atoms with Crippen LogP contribution in [0, 0.1) is 5.82 Å². The molecule has 21 heavy (non-hydrogen) atoms. The molecule has 0 aromatic heterocycles. The van der Waals surface area contributed by atoms with E-state index in [0.717, 1.165) is 37.9 Å². The Morgan fingerprint density at radius 1 is 1.29 bits per heavy atom. The monoisotopic (exact) mass is 293 g/mol. The Labute approximate surface area is 125 Å². The van der Waals surface area contributed by atoms with E-state index in [1.807, 2.05) is 6.07 Å². The molecule has 1 unspecified atom stereocenters. The zero-order valence-corrected chi connectivity index (χ0v) is 12.4. The van der Waals surface area contributed by atoms with Crippen molar-refractivity contribution in [1.29, 1.82) is 0 Å². The van der Waals surface area contributed by atoms with Gasteiger partial charge in [0, 0.05) is 24.8 Å². The van der Waals surface area contributed by atoms with Crippen LogP contribution in [0.15, 0.2) is 18.2 Å². The van der Waals surface area contributed by atoms with E-state index in [0.29, 0.717) is 31.0 Å². The lowest BCUT2D eigenvalue weighted by Crippen LogP contribution is -2.17. The number of benzene rings is 1. The zero-order chi connectivity index (χ0) is 14.5. The van der Waals surface area contributed by atoms with Gasteiger partial charge in [0.15, 0.2) is 11.6 Å². The minimum atomic E-state index is -0.262. The van der Waals surface area contributed by atoms with Gasteiger partial charge in [-0.05, 0) is 44.6 Å². The standard InChI is InChI=1S/C17H24FNO2/c18-16-7-1-4-13(12-19-14-8-9-14)17(16)21-11-3-6-15-5-2-10-20-15/h1,4,7,14-15,19H,2-3,5-6,8-12H2. The molecule has 0 amide bonds. The summed E-state index contributed by atoms with van der Waals surface area (Å²) >= 11 is 0. The van der Waals surface area contributed by atoms with Gasteiger partial charge in [-0.3, -0.25) is 0 Å². The fourth-order valence-electron chi connectivity index (χ4n) is 2.75. The predicted octanol–water partition coefficient (Wildman–Crippen LogP) is 3.42. The van der Waals surface area contributed by atoms with Gasteiger partial charge in [0.05, 0.1) is 12.7 Å². The van der Waals surface area contributed by atoms with E-state index in [-0.39, 0.29) is 5.82 Å². The van der Waals surface area contributed by atoms with E-state index >= 15 is 0 Å². The summed E-state index contributed by atoms with van der Waals surface area (Å²) in [6, 6.07) is 5.77. The molecule has 2 aliphatic rings. The van der Waals surface area contributed by atoms with Crippen molar-refractivity contribution in [1.82, 2.24) is 5.32 Å². The van der Waals surface area contributed by atoms with Crippen molar-refractivity contribution in [3.8, 4) is 5.75 Å². The lowest BCUT2D eigenvalue weighted by atomic mass is 10.1. The van der Waals surface area contributed by atoms with Gasteiger partial charge in [0.25, 0.3) is 0 Å². The largest absolute Gasteiger partial charge is 0.490 e. The van der Waals surface area contributed by atoms with Crippen LogP contribution >= 0.6 is 0 Å². The smallest absolute Gasteiger partial charge is 0.165 e. The molecule has 2 fully saturated rings. The Morgan fingerprint density at radius 2 is 2.19 bits per heavy atom. The van der Waals surface area contributed by atoms with Gasteiger partial charge in [-0.1, -0.05) is 12.1 Å². The minimum Gasteiger partial charge on any atom is -0.490 e. The summed E-state index contributed by atoms with van der Waals surface area (Å²) in [5, 5.41) is 3.41. The normalized spacial score (nSPS) is 21.7. The number of rotatable bonds is 8. The molecule has 0 bridgehead atoms. The van der Waals surface area contributed by atoms with Crippen LogP contribution in [-0.2, 0) is 11.3 Å². The average Bonchev–Trinajstić information content (AvgIpc) is 3.17. The highest BCUT2D eigenvalue weighted by Crippen LogP contribution is 2.25. The zero-order valence-electron chi connectivity index (χ0n) is 12.4. The van der Waals surface area contributed by atoms with Crippen molar-refractivity contribution < 1.29 is 13.9 Å². The van der Waals surface area contributed by atoms with Crippen LogP contribution in [0.5, 0.6) is 5.75 Å². The van der Waals surface area contributed by atoms with Crippen LogP contribution in [0.4, 0.5) is 4.39 Å². The summed E-state index contributed by atoms with van der Waals surface area (Å²) in [6.45, 7) is 2.12. The van der Waals surface area contributed by atoms with Gasteiger partial charge in [0.1, 0.15) is 0 Å². The Kier molecular flexibility index (Phi) is 5.09. The maximum atomic E-state index is 13.9. The Morgan fingerprint density at radius 3 is 2.95 bits per heavy atom. The number of nitrogens with one attached hydrogen (secondary N) is 1. The minimum absolute atomic E-state index is 0.262. The molecule has 1 atom stereocenters. The van der Waals surface area contributed by atoms with Gasteiger partial charge < -0.3 is 14.8 Å². The van der Waals surface area contributed by atoms with Gasteiger partial charge in [-0.15, -0.1) is 0 Å². The van der Waals surface area contributed by atoms with E-state index in [1.54, 1.807) is 6.07 Å². The molecule has 1 aromatic rings. The maximum absolute atomic E-state index is 13.9. The summed E-state index contributed by atoms with van der Waals surface area (Å²) in [4.78, 5) is 0. The number of para-hydroxylation sites is 1. The number of halogens is 1. The van der Waals surface area contributed by atoms with Crippen LogP contribution in [0.25, 0.3) is 0 Å². The lowest BCUT2D eigenvalue weighted by molar-refractivity contribution is 0.0978. The molecule has 4 heteroatoms. The second kappa shape index (κ2) is 7.23. The van der Waals surface area contributed by atoms with E-state index in [9.17, 15) is 4.39 Å². The molecule has 1 aromatic carbocycles. The Balaban J connectivity index is 1.47. The summed E-state index contributed by atoms with van der Waals surface area (Å²) < 4.78 is 25.2. The molecule has 3 rings (SSSR count). The van der Waals surface area contributed by atoms with Crippen molar-refractivity contribution in [2.24, 2.45) is 0 Å². The van der Waals surface area contributed by atoms with Gasteiger partial charge >= 0.3 is 0 Å². The first kappa shape index (κ1) is 14.8. The van der Waals surface area contributed by atoms with Crippen LogP contribution in [-0.4, -0.2) is 25.4 Å². The van der Waals surface area contributed by atoms with Gasteiger partial charge in [-0.2, -0.15) is 0 Å². The van der Waals surface area contributed by atoms with Crippen molar-refractivity contribution in [2.75, 3.05) is 13.2 Å². The molecule has 1 saturated heterocycles. The molecule has 1 aliphatic carbocycles. The molecule has 0 spiro atoms. The first-order valence-electron chi connectivity index (χ1n) is 8.08. The first-order valence-corrected chi connectivity index (χ1v) is 8.08. The maximum Gasteiger partial charge on any atom is 0.165 e. The first-order chi connectivity index (χ1) is 10.3. The second-order valence-corrected chi connectivity index (χ2v) is 6.01. The fourth-order valence-corrected chi connectivity index (χ4v) is 2.75. The number of hydrogen-bond donors (Lipinski definition) is 1. The van der Waals surface area contributed by atoms with Crippen molar-refractivity contribution in [2.45, 2.75) is 57.2 Å². The third-order valence-electron chi connectivity index (χ3n) is 4.15. The van der Waals surface area contributed by atoms with Crippen LogP contribution in [0.2, 0.25) is 0 Å². The molecule has 3 nitrogen and oxygen atoms in total. The van der Waals surface area contributed by atoms with E-state index in [4.69, 9.17) is 9.47 Å². The number of ether oxygens (including phenoxy) is 2. The summed E-state index contributed by atoms with van der Waals surface area (Å²) in [7, 11) is 0. The van der Waals surface area contributed by atoms with E-state index in [2.05, 4.69) is 5.32 Å². The fraction of sp³-hybridized carbons (Fsp3) is 0.647. The second-order valence-electron chi connectivity index (χ2n) is 6.01. The summed E-state index contributed by atoms with van der Waals surface area (Å²) in [5.41, 5.74) is 0.916. The Bertz CT molecular complexity index is 456. The topological polar surface area (TPSA) is 30.5 Å². The highest BCUT2D eigenvalue weighted by Gasteiger charge is 2.21. The highest BCUT2D eigenvalue weighted by atomic mass is 19.1. The van der Waals surface area contributed by atoms with E-state index < -0.39 is 0 Å². The molecular weight excluding hydrogens is 269 g/mol. The van der Waals surface area contributed by atoms with Crippen molar-refractivity contribution in [3.63, 3.8) is 0 Å². The quantitative estimate of drug-likeness (QED) is 0.745. The third kappa shape index (κ3) is 4.42. The lowest BCUT2D eigenvalue weighted by Gasteiger charge is -2.14. The van der Waals surface area contributed by atoms with Crippen LogP contribution in [0.1, 0.15) is 44.1 Å². The predicted molar refractivity (Wildman–Crippen MR) is 80.0 cm³/mol. The van der Waals surface area contributed by atoms with Crippen molar-refractivity contribution in [3.05, 3.63) is 29.6 Å². The molecule has 1 aliphatic heterocycles. The molecule has 0 radical (unpaired) electrons. The number of hydrogen-bond acceptors (Lipinski definition) is 3. The SMILES string of the molecule is Fc1cccc(CNC2CC2)c1OCCCC1CCCO1. The van der Waals surface area contributed by atoms with Gasteiger partial charge in [0.2, 0.25) is 0 Å². The average molecular weight is 293 g/mol. The molecular formula is C17H24FNO2. The highest BCUT2D eigenvalue weighted by molar-refractivity contribution is 5.35. The summed E-state index contributed by atoms with van der Waals surface area (Å²) in [5.74, 6) is 0.153. The van der Waals surface area contributed by atoms with E-state index in [1.165, 1.54) is 18.9 Å². The molecule has 116 valence electrons. The molecule has 1 saturated carbocycles. The van der Waals surface area contributed by atoms with Crippen molar-refractivity contribution >= 4 is 0 Å². The third-order valence-corrected chi connectivity index (χ3v) is 4.15. The van der Waals surface area contributed by atoms with Gasteiger partial charge in [-0.25, -0.2) is 4.39 Å². The Hall–Kier alpha value is -1.13.